The maximum atomic E-state index is 10.4. The van der Waals surface area contributed by atoms with Crippen molar-refractivity contribution in [1.29, 1.82) is 0 Å². The van der Waals surface area contributed by atoms with Crippen LogP contribution >= 0.6 is 0 Å². The highest BCUT2D eigenvalue weighted by atomic mass is 16.4. The van der Waals surface area contributed by atoms with Gasteiger partial charge in [-0.15, -0.1) is 0 Å². The average molecular weight is 180 g/mol. The van der Waals surface area contributed by atoms with E-state index in [0.29, 0.717) is 5.69 Å². The minimum atomic E-state index is -0.810. The van der Waals surface area contributed by atoms with Gasteiger partial charge in [0.1, 0.15) is 5.82 Å². The zero-order valence-electron chi connectivity index (χ0n) is 7.36. The molecule has 2 rings (SSSR count). The summed E-state index contributed by atoms with van der Waals surface area (Å²) in [7, 11) is 0. The summed E-state index contributed by atoms with van der Waals surface area (Å²) in [5, 5.41) is 8.58. The molecule has 1 aromatic rings. The van der Waals surface area contributed by atoms with Gasteiger partial charge in [0.05, 0.1) is 12.1 Å². The Bertz CT molecular complexity index is 307. The van der Waals surface area contributed by atoms with Gasteiger partial charge in [-0.2, -0.15) is 0 Å². The number of aromatic nitrogens is 2. The number of aliphatic carboxylic acids is 1. The van der Waals surface area contributed by atoms with Gasteiger partial charge in [0.15, 0.2) is 0 Å². The molecule has 0 amide bonds. The number of nitrogens with zero attached hydrogens (tertiary/aromatic N) is 2. The van der Waals surface area contributed by atoms with E-state index < -0.39 is 5.97 Å². The first-order valence-corrected chi connectivity index (χ1v) is 4.52. The fourth-order valence-corrected chi connectivity index (χ4v) is 1.71. The number of carboxylic acid groups (broad SMARTS) is 1. The van der Waals surface area contributed by atoms with Crippen molar-refractivity contribution in [2.45, 2.75) is 32.2 Å². The lowest BCUT2D eigenvalue weighted by Crippen LogP contribution is -2.08. The lowest BCUT2D eigenvalue weighted by atomic mass is 10.2. The second kappa shape index (κ2) is 3.20. The minimum absolute atomic E-state index is 0.0417. The van der Waals surface area contributed by atoms with Crippen molar-refractivity contribution in [2.75, 3.05) is 0 Å². The Labute approximate surface area is 76.2 Å². The molecule has 0 aliphatic carbocycles. The summed E-state index contributed by atoms with van der Waals surface area (Å²) in [6.07, 6.45) is 5.24. The average Bonchev–Trinajstić information content (AvgIpc) is 2.44. The van der Waals surface area contributed by atoms with E-state index in [1.54, 1.807) is 0 Å². The van der Waals surface area contributed by atoms with Crippen molar-refractivity contribution < 1.29 is 9.90 Å². The molecule has 0 saturated heterocycles. The summed E-state index contributed by atoms with van der Waals surface area (Å²) in [4.78, 5) is 14.7. The quantitative estimate of drug-likeness (QED) is 0.734. The van der Waals surface area contributed by atoms with Gasteiger partial charge in [-0.05, 0) is 12.8 Å². The first-order chi connectivity index (χ1) is 6.25. The van der Waals surface area contributed by atoms with Crippen LogP contribution in [0.1, 0.15) is 24.4 Å². The number of hydrogen-bond donors (Lipinski definition) is 1. The van der Waals surface area contributed by atoms with Crippen LogP contribution in [-0.2, 0) is 24.2 Å². The molecule has 0 atom stereocenters. The molecular weight excluding hydrogens is 168 g/mol. The monoisotopic (exact) mass is 180 g/mol. The van der Waals surface area contributed by atoms with E-state index in [0.717, 1.165) is 18.8 Å². The van der Waals surface area contributed by atoms with Crippen LogP contribution in [0.4, 0.5) is 0 Å². The van der Waals surface area contributed by atoms with Crippen LogP contribution in [0.25, 0.3) is 0 Å². The minimum Gasteiger partial charge on any atom is -0.481 e. The largest absolute Gasteiger partial charge is 0.481 e. The third kappa shape index (κ3) is 1.71. The SMILES string of the molecule is O=C(O)Cc1cn2c(n1)CCCC2. The highest BCUT2D eigenvalue weighted by molar-refractivity contribution is 5.69. The molecule has 0 bridgehead atoms. The maximum Gasteiger partial charge on any atom is 0.309 e. The second-order valence-electron chi connectivity index (χ2n) is 3.37. The molecule has 0 spiro atoms. The van der Waals surface area contributed by atoms with E-state index in [2.05, 4.69) is 9.55 Å². The summed E-state index contributed by atoms with van der Waals surface area (Å²) in [5.74, 6) is 0.234. The van der Waals surface area contributed by atoms with E-state index in [-0.39, 0.29) is 6.42 Å². The Morgan fingerprint density at radius 1 is 1.62 bits per heavy atom. The molecule has 0 unspecified atom stereocenters. The molecule has 1 aliphatic rings. The molecule has 1 aromatic heterocycles. The first-order valence-electron chi connectivity index (χ1n) is 4.52. The number of fused-ring (bicyclic) bond motifs is 1. The number of aryl methyl sites for hydroxylation is 2. The molecule has 0 fully saturated rings. The molecule has 13 heavy (non-hydrogen) atoms. The van der Waals surface area contributed by atoms with Gasteiger partial charge in [0, 0.05) is 19.2 Å². The van der Waals surface area contributed by atoms with Crippen molar-refractivity contribution in [3.63, 3.8) is 0 Å². The summed E-state index contributed by atoms with van der Waals surface area (Å²) in [6.45, 7) is 0.988. The van der Waals surface area contributed by atoms with Crippen LogP contribution in [-0.4, -0.2) is 20.6 Å². The van der Waals surface area contributed by atoms with Crippen molar-refractivity contribution in [3.8, 4) is 0 Å². The molecule has 4 heteroatoms. The molecule has 0 radical (unpaired) electrons. The fraction of sp³-hybridized carbons (Fsp3) is 0.556. The Kier molecular flexibility index (Phi) is 2.04. The van der Waals surface area contributed by atoms with E-state index in [1.165, 1.54) is 12.8 Å². The predicted molar refractivity (Wildman–Crippen MR) is 46.5 cm³/mol. The van der Waals surface area contributed by atoms with Crippen LogP contribution in [0.3, 0.4) is 0 Å². The van der Waals surface area contributed by atoms with Crippen LogP contribution in [0.5, 0.6) is 0 Å². The van der Waals surface area contributed by atoms with Crippen molar-refractivity contribution in [2.24, 2.45) is 0 Å². The van der Waals surface area contributed by atoms with Gasteiger partial charge in [-0.25, -0.2) is 4.98 Å². The molecule has 0 saturated carbocycles. The first kappa shape index (κ1) is 8.29. The van der Waals surface area contributed by atoms with Gasteiger partial charge in [0.2, 0.25) is 0 Å². The number of carboxylic acids is 1. The second-order valence-corrected chi connectivity index (χ2v) is 3.37. The Morgan fingerprint density at radius 3 is 3.15 bits per heavy atom. The highest BCUT2D eigenvalue weighted by Crippen LogP contribution is 2.14. The highest BCUT2D eigenvalue weighted by Gasteiger charge is 2.13. The number of rotatable bonds is 2. The van der Waals surface area contributed by atoms with E-state index in [9.17, 15) is 4.79 Å². The number of hydrogen-bond acceptors (Lipinski definition) is 2. The molecule has 2 heterocycles. The molecule has 4 nitrogen and oxygen atoms in total. The number of imidazole rings is 1. The summed E-state index contributed by atoms with van der Waals surface area (Å²) in [6, 6.07) is 0. The third-order valence-electron chi connectivity index (χ3n) is 2.29. The van der Waals surface area contributed by atoms with Crippen LogP contribution in [0.15, 0.2) is 6.20 Å². The smallest absolute Gasteiger partial charge is 0.309 e. The van der Waals surface area contributed by atoms with E-state index >= 15 is 0 Å². The zero-order valence-corrected chi connectivity index (χ0v) is 7.36. The van der Waals surface area contributed by atoms with Crippen LogP contribution < -0.4 is 0 Å². The summed E-state index contributed by atoms with van der Waals surface area (Å²) in [5.41, 5.74) is 0.685. The maximum absolute atomic E-state index is 10.4. The van der Waals surface area contributed by atoms with Crippen molar-refractivity contribution in [3.05, 3.63) is 17.7 Å². The standard InChI is InChI=1S/C9H12N2O2/c12-9(13)5-7-6-11-4-2-1-3-8(11)10-7/h6H,1-5H2,(H,12,13). The zero-order chi connectivity index (χ0) is 9.26. The van der Waals surface area contributed by atoms with E-state index in [1.807, 2.05) is 6.20 Å². The van der Waals surface area contributed by atoms with E-state index in [4.69, 9.17) is 5.11 Å². The lowest BCUT2D eigenvalue weighted by Gasteiger charge is -2.11. The van der Waals surface area contributed by atoms with Gasteiger partial charge >= 0.3 is 5.97 Å². The predicted octanol–water partition coefficient (Wildman–Crippen LogP) is 0.847. The molecule has 1 N–H and O–H groups in total. The van der Waals surface area contributed by atoms with Crippen LogP contribution in [0, 0.1) is 0 Å². The van der Waals surface area contributed by atoms with Crippen molar-refractivity contribution >= 4 is 5.97 Å². The Morgan fingerprint density at radius 2 is 2.46 bits per heavy atom. The van der Waals surface area contributed by atoms with Gasteiger partial charge in [-0.1, -0.05) is 0 Å². The summed E-state index contributed by atoms with van der Waals surface area (Å²) < 4.78 is 2.07. The third-order valence-corrected chi connectivity index (χ3v) is 2.29. The van der Waals surface area contributed by atoms with Gasteiger partial charge in [0.25, 0.3) is 0 Å². The molecule has 0 aromatic carbocycles. The summed E-state index contributed by atoms with van der Waals surface area (Å²) >= 11 is 0. The lowest BCUT2D eigenvalue weighted by molar-refractivity contribution is -0.136. The topological polar surface area (TPSA) is 55.1 Å². The molecular formula is C9H12N2O2. The van der Waals surface area contributed by atoms with Crippen molar-refractivity contribution in [1.82, 2.24) is 9.55 Å². The Hall–Kier alpha value is -1.32. The fourth-order valence-electron chi connectivity index (χ4n) is 1.71. The molecule has 70 valence electrons. The van der Waals surface area contributed by atoms with Gasteiger partial charge in [-0.3, -0.25) is 4.79 Å². The number of carbonyl (C=O) groups is 1. The normalized spacial score (nSPS) is 15.4. The van der Waals surface area contributed by atoms with Crippen LogP contribution in [0.2, 0.25) is 0 Å². The molecule has 1 aliphatic heterocycles. The van der Waals surface area contributed by atoms with Gasteiger partial charge < -0.3 is 9.67 Å². The Balaban J connectivity index is 2.20.